The maximum absolute atomic E-state index is 10.8. The summed E-state index contributed by atoms with van der Waals surface area (Å²) >= 11 is 14.5. The van der Waals surface area contributed by atoms with Gasteiger partial charge in [0.05, 0.1) is 5.25 Å². The second kappa shape index (κ2) is 6.87. The molecule has 1 N–H and O–H groups in total. The van der Waals surface area contributed by atoms with Gasteiger partial charge in [-0.1, -0.05) is 53.5 Å². The molecule has 0 radical (unpaired) electrons. The van der Waals surface area contributed by atoms with Crippen LogP contribution in [0.1, 0.15) is 34.4 Å². The van der Waals surface area contributed by atoms with Crippen molar-refractivity contribution in [1.82, 2.24) is 0 Å². The van der Waals surface area contributed by atoms with Crippen LogP contribution < -0.4 is 0 Å². The Kier molecular flexibility index (Phi) is 5.00. The molecule has 2 aromatic rings. The minimum Gasteiger partial charge on any atom is -0.507 e. The zero-order valence-corrected chi connectivity index (χ0v) is 16.1. The zero-order chi connectivity index (χ0) is 17.4. The molecule has 0 aliphatic carbocycles. The highest BCUT2D eigenvalue weighted by atomic mass is 35.5. The van der Waals surface area contributed by atoms with Crippen LogP contribution in [-0.4, -0.2) is 5.11 Å². The molecule has 0 bridgehead atoms. The number of halogens is 2. The largest absolute Gasteiger partial charge is 0.507 e. The smallest absolute Gasteiger partial charge is 0.124 e. The molecule has 1 aliphatic heterocycles. The predicted molar refractivity (Wildman–Crippen MR) is 106 cm³/mol. The average Bonchev–Trinajstić information content (AvgIpc) is 2.57. The summed E-state index contributed by atoms with van der Waals surface area (Å²) in [6.45, 7) is 5.83. The summed E-state index contributed by atoms with van der Waals surface area (Å²) in [4.78, 5) is 0. The Bertz CT molecular complexity index is 854. The Labute approximate surface area is 157 Å². The molecular weight excluding hydrogens is 359 g/mol. The van der Waals surface area contributed by atoms with E-state index >= 15 is 0 Å². The maximum atomic E-state index is 10.8. The van der Waals surface area contributed by atoms with E-state index in [-0.39, 0.29) is 11.0 Å². The minimum atomic E-state index is 0.106. The van der Waals surface area contributed by atoms with E-state index < -0.39 is 0 Å². The first-order valence-electron chi connectivity index (χ1n) is 7.68. The number of thioether (sulfide) groups is 1. The van der Waals surface area contributed by atoms with Crippen molar-refractivity contribution in [2.24, 2.45) is 0 Å². The van der Waals surface area contributed by atoms with Gasteiger partial charge in [-0.05, 0) is 54.5 Å². The fraction of sp³-hybridized carbons (Fsp3) is 0.200. The first kappa shape index (κ1) is 17.5. The second-order valence-corrected chi connectivity index (χ2v) is 7.74. The van der Waals surface area contributed by atoms with Crippen LogP contribution in [0, 0.1) is 13.8 Å². The molecule has 0 saturated heterocycles. The molecule has 0 aromatic heterocycles. The van der Waals surface area contributed by atoms with Gasteiger partial charge in [0.2, 0.25) is 0 Å². The lowest BCUT2D eigenvalue weighted by atomic mass is 9.94. The van der Waals surface area contributed by atoms with Gasteiger partial charge in [0.15, 0.2) is 0 Å². The molecule has 1 aliphatic rings. The van der Waals surface area contributed by atoms with Gasteiger partial charge in [0.25, 0.3) is 0 Å². The quantitative estimate of drug-likeness (QED) is 0.594. The SMILES string of the molecule is CC1=C(O)C(c2c(Cl)cc(C)c(Cl)c2C)=CSC1c1ccccc1. The van der Waals surface area contributed by atoms with E-state index in [1.165, 1.54) is 5.56 Å². The fourth-order valence-corrected chi connectivity index (χ4v) is 4.69. The number of hydrogen-bond acceptors (Lipinski definition) is 2. The third kappa shape index (κ3) is 2.99. The number of rotatable bonds is 2. The van der Waals surface area contributed by atoms with Crippen molar-refractivity contribution in [3.8, 4) is 0 Å². The summed E-state index contributed by atoms with van der Waals surface area (Å²) in [6, 6.07) is 12.0. The highest BCUT2D eigenvalue weighted by Gasteiger charge is 2.26. The highest BCUT2D eigenvalue weighted by molar-refractivity contribution is 8.02. The van der Waals surface area contributed by atoms with Crippen molar-refractivity contribution in [3.63, 3.8) is 0 Å². The molecule has 3 rings (SSSR count). The Hall–Kier alpha value is -1.35. The Morgan fingerprint density at radius 2 is 1.71 bits per heavy atom. The molecule has 1 atom stereocenters. The van der Waals surface area contributed by atoms with E-state index in [2.05, 4.69) is 12.1 Å². The number of aliphatic hydroxyl groups is 1. The number of aliphatic hydroxyl groups excluding tert-OH is 1. The van der Waals surface area contributed by atoms with Gasteiger partial charge >= 0.3 is 0 Å². The predicted octanol–water partition coefficient (Wildman–Crippen LogP) is 7.27. The Morgan fingerprint density at radius 1 is 1.04 bits per heavy atom. The van der Waals surface area contributed by atoms with Gasteiger partial charge < -0.3 is 5.11 Å². The maximum Gasteiger partial charge on any atom is 0.124 e. The number of aryl methyl sites for hydroxylation is 1. The standard InChI is InChI=1S/C20H18Cl2OS/c1-11-9-16(21)17(12(2)18(11)22)15-10-24-20(13(3)19(15)23)14-7-5-4-6-8-14/h4-10,20,23H,1-3H3. The highest BCUT2D eigenvalue weighted by Crippen LogP contribution is 2.48. The molecule has 4 heteroatoms. The van der Waals surface area contributed by atoms with Crippen LogP contribution in [0.25, 0.3) is 5.57 Å². The molecule has 1 unspecified atom stereocenters. The first-order valence-corrected chi connectivity index (χ1v) is 9.38. The van der Waals surface area contributed by atoms with Crippen LogP contribution in [0.3, 0.4) is 0 Å². The van der Waals surface area contributed by atoms with Crippen LogP contribution in [0.4, 0.5) is 0 Å². The molecule has 0 fully saturated rings. The third-order valence-corrected chi connectivity index (χ3v) is 6.50. The van der Waals surface area contributed by atoms with E-state index in [4.69, 9.17) is 23.2 Å². The van der Waals surface area contributed by atoms with E-state index in [1.807, 2.05) is 50.4 Å². The van der Waals surface area contributed by atoms with Crippen LogP contribution in [0.2, 0.25) is 10.0 Å². The number of hydrogen-bond donors (Lipinski definition) is 1. The van der Waals surface area contributed by atoms with Crippen LogP contribution in [0.15, 0.2) is 53.1 Å². The minimum absolute atomic E-state index is 0.106. The van der Waals surface area contributed by atoms with Crippen molar-refractivity contribution < 1.29 is 5.11 Å². The molecule has 0 spiro atoms. The fourth-order valence-electron chi connectivity index (χ4n) is 3.01. The van der Waals surface area contributed by atoms with Crippen molar-refractivity contribution in [3.05, 3.63) is 85.4 Å². The Morgan fingerprint density at radius 3 is 2.38 bits per heavy atom. The monoisotopic (exact) mass is 376 g/mol. The molecule has 1 nitrogen and oxygen atoms in total. The molecule has 0 saturated carbocycles. The topological polar surface area (TPSA) is 20.2 Å². The normalized spacial score (nSPS) is 17.9. The van der Waals surface area contributed by atoms with Gasteiger partial charge in [0.1, 0.15) is 5.76 Å². The molecule has 2 aromatic carbocycles. The van der Waals surface area contributed by atoms with Gasteiger partial charge in [-0.3, -0.25) is 0 Å². The lowest BCUT2D eigenvalue weighted by Crippen LogP contribution is -2.06. The second-order valence-electron chi connectivity index (χ2n) is 5.98. The van der Waals surface area contributed by atoms with Crippen LogP contribution >= 0.6 is 35.0 Å². The summed E-state index contributed by atoms with van der Waals surface area (Å²) < 4.78 is 0. The molecule has 0 amide bonds. The first-order chi connectivity index (χ1) is 11.4. The van der Waals surface area contributed by atoms with E-state index in [9.17, 15) is 5.11 Å². The van der Waals surface area contributed by atoms with E-state index in [0.29, 0.717) is 10.0 Å². The summed E-state index contributed by atoms with van der Waals surface area (Å²) in [7, 11) is 0. The summed E-state index contributed by atoms with van der Waals surface area (Å²) in [5.74, 6) is 0.285. The van der Waals surface area contributed by atoms with Crippen LogP contribution in [0.5, 0.6) is 0 Å². The summed E-state index contributed by atoms with van der Waals surface area (Å²) in [5, 5.41) is 14.2. The summed E-state index contributed by atoms with van der Waals surface area (Å²) in [5.41, 5.74) is 5.49. The van der Waals surface area contributed by atoms with E-state index in [1.54, 1.807) is 11.8 Å². The lowest BCUT2D eigenvalue weighted by molar-refractivity contribution is 0.428. The number of benzene rings is 2. The van der Waals surface area contributed by atoms with E-state index in [0.717, 1.165) is 27.8 Å². The van der Waals surface area contributed by atoms with Gasteiger partial charge in [-0.15, -0.1) is 11.8 Å². The average molecular weight is 377 g/mol. The molecular formula is C20H18Cl2OS. The Balaban J connectivity index is 2.08. The van der Waals surface area contributed by atoms with Gasteiger partial charge in [-0.2, -0.15) is 0 Å². The zero-order valence-electron chi connectivity index (χ0n) is 13.7. The number of allylic oxidation sites excluding steroid dienone is 1. The summed E-state index contributed by atoms with van der Waals surface area (Å²) in [6.07, 6.45) is 0. The lowest BCUT2D eigenvalue weighted by Gasteiger charge is -2.25. The van der Waals surface area contributed by atoms with Gasteiger partial charge in [-0.25, -0.2) is 0 Å². The van der Waals surface area contributed by atoms with Gasteiger partial charge in [0, 0.05) is 21.2 Å². The molecule has 124 valence electrons. The van der Waals surface area contributed by atoms with Crippen molar-refractivity contribution >= 4 is 40.5 Å². The molecule has 1 heterocycles. The van der Waals surface area contributed by atoms with Crippen molar-refractivity contribution in [2.45, 2.75) is 26.0 Å². The van der Waals surface area contributed by atoms with Crippen LogP contribution in [-0.2, 0) is 0 Å². The third-order valence-electron chi connectivity index (χ3n) is 4.35. The van der Waals surface area contributed by atoms with Crippen molar-refractivity contribution in [2.75, 3.05) is 0 Å². The molecule has 24 heavy (non-hydrogen) atoms. The van der Waals surface area contributed by atoms with Crippen molar-refractivity contribution in [1.29, 1.82) is 0 Å².